The van der Waals surface area contributed by atoms with Crippen LogP contribution in [0.5, 0.6) is 0 Å². The maximum absolute atomic E-state index is 15.3. The Balaban J connectivity index is 1.14. The number of benzene rings is 11. The van der Waals surface area contributed by atoms with Crippen LogP contribution in [0.3, 0.4) is 0 Å². The van der Waals surface area contributed by atoms with E-state index in [-0.39, 0.29) is 16.7 Å². The standard InChI is InChI=1S/C73H49F3N4/c1-44-10-5-14-49(32-44)53-21-27-66-60(37-53)61-38-54(50-15-6-11-45(2)33-50)22-28-67(61)79(66)70-31-25-57(59-26-20-48(42-77)36-65(59)73(74,75)76)41-64(70)72-58(43-78)18-9-19-71(72)80-68-29-23-55(51-16-7-12-46(3)34-51)39-62(68)63-40-56(24-30-69(63)80)52-17-8-13-47(4)35-52/h5-41H,1-4H3. The van der Waals surface area contributed by atoms with Gasteiger partial charge in [0.1, 0.15) is 0 Å². The van der Waals surface area contributed by atoms with Crippen LogP contribution in [0.4, 0.5) is 13.2 Å². The molecule has 13 aromatic rings. The van der Waals surface area contributed by atoms with E-state index in [1.165, 1.54) is 12.1 Å². The van der Waals surface area contributed by atoms with Crippen molar-refractivity contribution in [2.24, 2.45) is 0 Å². The summed E-state index contributed by atoms with van der Waals surface area (Å²) in [6.45, 7) is 8.35. The van der Waals surface area contributed by atoms with Gasteiger partial charge in [0, 0.05) is 32.7 Å². The van der Waals surface area contributed by atoms with Gasteiger partial charge in [-0.05, 0) is 168 Å². The minimum Gasteiger partial charge on any atom is -0.309 e. The molecule has 0 spiro atoms. The molecule has 0 atom stereocenters. The van der Waals surface area contributed by atoms with Gasteiger partial charge in [-0.25, -0.2) is 0 Å². The molecule has 0 N–H and O–H groups in total. The van der Waals surface area contributed by atoms with Crippen LogP contribution in [0, 0.1) is 50.4 Å². The van der Waals surface area contributed by atoms with E-state index in [4.69, 9.17) is 0 Å². The molecule has 0 radical (unpaired) electrons. The molecule has 382 valence electrons. The highest BCUT2D eigenvalue weighted by Gasteiger charge is 2.35. The van der Waals surface area contributed by atoms with Crippen LogP contribution in [0.2, 0.25) is 0 Å². The van der Waals surface area contributed by atoms with E-state index in [0.717, 1.165) is 116 Å². The molecular weight excluding hydrogens is 990 g/mol. The summed E-state index contributed by atoms with van der Waals surface area (Å²) in [7, 11) is 0. The number of nitriles is 2. The van der Waals surface area contributed by atoms with Crippen LogP contribution in [0.15, 0.2) is 224 Å². The Bertz CT molecular complexity index is 4580. The molecule has 0 saturated heterocycles. The zero-order chi connectivity index (χ0) is 55.0. The van der Waals surface area contributed by atoms with E-state index in [0.29, 0.717) is 28.1 Å². The van der Waals surface area contributed by atoms with E-state index in [1.807, 2.05) is 24.3 Å². The first kappa shape index (κ1) is 49.4. The molecule has 4 nitrogen and oxygen atoms in total. The van der Waals surface area contributed by atoms with Crippen molar-refractivity contribution in [2.75, 3.05) is 0 Å². The van der Waals surface area contributed by atoms with Gasteiger partial charge in [0.2, 0.25) is 0 Å². The quantitative estimate of drug-likeness (QED) is 0.152. The van der Waals surface area contributed by atoms with Gasteiger partial charge in [0.25, 0.3) is 0 Å². The van der Waals surface area contributed by atoms with Gasteiger partial charge in [-0.15, -0.1) is 0 Å². The van der Waals surface area contributed by atoms with E-state index in [2.05, 4.69) is 213 Å². The number of rotatable bonds is 8. The van der Waals surface area contributed by atoms with E-state index >= 15 is 13.2 Å². The van der Waals surface area contributed by atoms with Crippen LogP contribution < -0.4 is 0 Å². The summed E-state index contributed by atoms with van der Waals surface area (Å²) in [6.07, 6.45) is -4.79. The monoisotopic (exact) mass is 1040 g/mol. The summed E-state index contributed by atoms with van der Waals surface area (Å²) >= 11 is 0. The minimum atomic E-state index is -4.79. The second-order valence-corrected chi connectivity index (χ2v) is 21.0. The Hall–Kier alpha value is -10.2. The van der Waals surface area contributed by atoms with Crippen molar-refractivity contribution < 1.29 is 13.2 Å². The Morgan fingerprint density at radius 1 is 0.338 bits per heavy atom. The molecule has 0 aliphatic heterocycles. The van der Waals surface area contributed by atoms with Crippen molar-refractivity contribution in [3.05, 3.63) is 263 Å². The van der Waals surface area contributed by atoms with Crippen molar-refractivity contribution in [2.45, 2.75) is 33.9 Å². The molecule has 0 unspecified atom stereocenters. The number of hydrogen-bond acceptors (Lipinski definition) is 2. The predicted octanol–water partition coefficient (Wildman–Crippen LogP) is 19.9. The lowest BCUT2D eigenvalue weighted by Crippen LogP contribution is -2.08. The first-order valence-corrected chi connectivity index (χ1v) is 26.6. The molecule has 2 heterocycles. The fraction of sp³-hybridized carbons (Fsp3) is 0.0685. The number of nitrogens with zero attached hydrogens (tertiary/aromatic N) is 4. The Morgan fingerprint density at radius 2 is 0.725 bits per heavy atom. The number of aryl methyl sites for hydroxylation is 4. The summed E-state index contributed by atoms with van der Waals surface area (Å²) < 4.78 is 50.3. The highest BCUT2D eigenvalue weighted by atomic mass is 19.4. The lowest BCUT2D eigenvalue weighted by atomic mass is 9.90. The SMILES string of the molecule is Cc1cccc(-c2ccc3c(c2)c2cc(-c4cccc(C)c4)ccc2n3-c2ccc(-c3ccc(C#N)cc3C(F)(F)F)cc2-c2c(C#N)cccc2-n2c3ccc(-c4cccc(C)c4)cc3c3cc(-c4cccc(C)c4)ccc32)c1. The van der Waals surface area contributed by atoms with Gasteiger partial charge in [-0.3, -0.25) is 0 Å². The molecule has 0 aliphatic carbocycles. The summed E-state index contributed by atoms with van der Waals surface area (Å²) in [5.74, 6) is 0. The van der Waals surface area contributed by atoms with Crippen LogP contribution in [-0.2, 0) is 6.18 Å². The van der Waals surface area contributed by atoms with Gasteiger partial charge in [0.05, 0.1) is 62.3 Å². The average Bonchev–Trinajstić information content (AvgIpc) is 4.20. The fourth-order valence-electron chi connectivity index (χ4n) is 11.9. The zero-order valence-electron chi connectivity index (χ0n) is 44.3. The summed E-state index contributed by atoms with van der Waals surface area (Å²) in [4.78, 5) is 0. The van der Waals surface area contributed by atoms with Gasteiger partial charge in [0.15, 0.2) is 0 Å². The minimum absolute atomic E-state index is 0.0858. The van der Waals surface area contributed by atoms with Crippen LogP contribution in [0.25, 0.3) is 122 Å². The maximum Gasteiger partial charge on any atom is 0.417 e. The zero-order valence-corrected chi connectivity index (χ0v) is 44.3. The highest BCUT2D eigenvalue weighted by Crippen LogP contribution is 2.47. The van der Waals surface area contributed by atoms with Crippen molar-refractivity contribution in [3.8, 4) is 90.3 Å². The normalized spacial score (nSPS) is 11.7. The number of aromatic nitrogens is 2. The molecule has 7 heteroatoms. The third kappa shape index (κ3) is 8.58. The lowest BCUT2D eigenvalue weighted by molar-refractivity contribution is -0.137. The topological polar surface area (TPSA) is 57.4 Å². The summed E-state index contributed by atoms with van der Waals surface area (Å²) in [6, 6.07) is 79.0. The van der Waals surface area contributed by atoms with E-state index < -0.39 is 11.7 Å². The molecule has 13 rings (SSSR count). The second kappa shape index (κ2) is 19.4. The molecule has 0 fully saturated rings. The maximum atomic E-state index is 15.3. The predicted molar refractivity (Wildman–Crippen MR) is 321 cm³/mol. The second-order valence-electron chi connectivity index (χ2n) is 21.0. The molecule has 80 heavy (non-hydrogen) atoms. The highest BCUT2D eigenvalue weighted by molar-refractivity contribution is 6.14. The average molecular weight is 1040 g/mol. The summed E-state index contributed by atoms with van der Waals surface area (Å²) in [5.41, 5.74) is 18.5. The number of alkyl halides is 3. The molecular formula is C73H49F3N4. The summed E-state index contributed by atoms with van der Waals surface area (Å²) in [5, 5.41) is 25.2. The molecule has 0 saturated carbocycles. The van der Waals surface area contributed by atoms with Crippen molar-refractivity contribution >= 4 is 43.6 Å². The third-order valence-electron chi connectivity index (χ3n) is 15.6. The number of fused-ring (bicyclic) bond motifs is 6. The molecule has 2 aromatic heterocycles. The molecule has 0 bridgehead atoms. The Morgan fingerprint density at radius 3 is 1.11 bits per heavy atom. The Kier molecular flexibility index (Phi) is 11.9. The van der Waals surface area contributed by atoms with Crippen LogP contribution in [-0.4, -0.2) is 9.13 Å². The van der Waals surface area contributed by atoms with Crippen LogP contribution >= 0.6 is 0 Å². The van der Waals surface area contributed by atoms with Gasteiger partial charge >= 0.3 is 6.18 Å². The fourth-order valence-corrected chi connectivity index (χ4v) is 11.9. The first-order valence-electron chi connectivity index (χ1n) is 26.6. The first-order chi connectivity index (χ1) is 38.8. The number of halogens is 3. The lowest BCUT2D eigenvalue weighted by Gasteiger charge is -2.21. The largest absolute Gasteiger partial charge is 0.417 e. The van der Waals surface area contributed by atoms with E-state index in [9.17, 15) is 10.5 Å². The van der Waals surface area contributed by atoms with E-state index in [1.54, 1.807) is 18.2 Å². The van der Waals surface area contributed by atoms with Crippen molar-refractivity contribution in [1.82, 2.24) is 9.13 Å². The van der Waals surface area contributed by atoms with Gasteiger partial charge < -0.3 is 9.13 Å². The molecule has 11 aromatic carbocycles. The number of hydrogen-bond donors (Lipinski definition) is 0. The third-order valence-corrected chi connectivity index (χ3v) is 15.6. The van der Waals surface area contributed by atoms with Gasteiger partial charge in [-0.2, -0.15) is 23.7 Å². The van der Waals surface area contributed by atoms with Gasteiger partial charge in [-0.1, -0.05) is 162 Å². The van der Waals surface area contributed by atoms with Crippen LogP contribution in [0.1, 0.15) is 38.9 Å². The smallest absolute Gasteiger partial charge is 0.309 e. The molecule has 0 aliphatic rings. The Labute approximate surface area is 461 Å². The van der Waals surface area contributed by atoms with Crippen molar-refractivity contribution in [3.63, 3.8) is 0 Å². The molecule has 0 amide bonds. The van der Waals surface area contributed by atoms with Crippen molar-refractivity contribution in [1.29, 1.82) is 10.5 Å².